The molecule has 1 atom stereocenters. The van der Waals surface area contributed by atoms with Crippen LogP contribution in [0.15, 0.2) is 54.6 Å². The molecule has 0 saturated carbocycles. The molecule has 0 fully saturated rings. The van der Waals surface area contributed by atoms with Crippen LogP contribution in [-0.4, -0.2) is 24.3 Å². The summed E-state index contributed by atoms with van der Waals surface area (Å²) in [5.41, 5.74) is 0.965. The second-order valence-electron chi connectivity index (χ2n) is 5.16. The molecule has 0 aromatic heterocycles. The van der Waals surface area contributed by atoms with Crippen molar-refractivity contribution in [3.8, 4) is 5.75 Å². The molecule has 2 rings (SSSR count). The number of amides is 1. The predicted octanol–water partition coefficient (Wildman–Crippen LogP) is 2.52. The first-order valence-corrected chi connectivity index (χ1v) is 7.26. The molecule has 5 heteroatoms. The molecule has 1 amide bonds. The van der Waals surface area contributed by atoms with Crippen LogP contribution in [0.3, 0.4) is 0 Å². The number of carbonyl (C=O) groups excluding carboxylic acids is 2. The van der Waals surface area contributed by atoms with Gasteiger partial charge in [0.25, 0.3) is 5.91 Å². The molecule has 23 heavy (non-hydrogen) atoms. The lowest BCUT2D eigenvalue weighted by atomic mass is 10.0. The van der Waals surface area contributed by atoms with E-state index in [0.29, 0.717) is 12.2 Å². The highest BCUT2D eigenvalue weighted by Crippen LogP contribution is 2.11. The van der Waals surface area contributed by atoms with E-state index in [1.165, 1.54) is 31.2 Å². The van der Waals surface area contributed by atoms with Crippen molar-refractivity contribution in [2.45, 2.75) is 19.4 Å². The van der Waals surface area contributed by atoms with Gasteiger partial charge in [-0.2, -0.15) is 0 Å². The summed E-state index contributed by atoms with van der Waals surface area (Å²) in [5, 5.41) is 2.66. The Hall–Kier alpha value is -2.69. The summed E-state index contributed by atoms with van der Waals surface area (Å²) in [6.45, 7) is 1.21. The number of ether oxygens (including phenoxy) is 1. The second kappa shape index (κ2) is 8.08. The molecule has 2 aromatic rings. The Labute approximate surface area is 134 Å². The SMILES string of the molecule is CC(=O)[C@@H](Cc1ccccc1)NC(=O)COc1ccc(F)cc1. The van der Waals surface area contributed by atoms with Crippen LogP contribution in [0.1, 0.15) is 12.5 Å². The average Bonchev–Trinajstić information content (AvgIpc) is 2.54. The highest BCUT2D eigenvalue weighted by atomic mass is 19.1. The van der Waals surface area contributed by atoms with Gasteiger partial charge in [-0.25, -0.2) is 4.39 Å². The summed E-state index contributed by atoms with van der Waals surface area (Å²) in [7, 11) is 0. The maximum Gasteiger partial charge on any atom is 0.258 e. The number of hydrogen-bond donors (Lipinski definition) is 1. The number of ketones is 1. The molecule has 0 radical (unpaired) electrons. The van der Waals surface area contributed by atoms with Gasteiger partial charge in [0.2, 0.25) is 0 Å². The Balaban J connectivity index is 1.88. The van der Waals surface area contributed by atoms with Crippen molar-refractivity contribution in [2.75, 3.05) is 6.61 Å². The van der Waals surface area contributed by atoms with Gasteiger partial charge >= 0.3 is 0 Å². The van der Waals surface area contributed by atoms with Gasteiger partial charge in [0.15, 0.2) is 12.4 Å². The minimum absolute atomic E-state index is 0.121. The van der Waals surface area contributed by atoms with Gasteiger partial charge in [-0.1, -0.05) is 30.3 Å². The zero-order chi connectivity index (χ0) is 16.7. The number of Topliss-reactive ketones (excluding diaryl/α,β-unsaturated/α-hetero) is 1. The number of nitrogens with one attached hydrogen (secondary N) is 1. The third-order valence-electron chi connectivity index (χ3n) is 3.29. The Kier molecular flexibility index (Phi) is 5.86. The molecule has 2 aromatic carbocycles. The molecule has 1 N–H and O–H groups in total. The van der Waals surface area contributed by atoms with Crippen molar-refractivity contribution < 1.29 is 18.7 Å². The van der Waals surface area contributed by atoms with Crippen LogP contribution in [0.25, 0.3) is 0 Å². The van der Waals surface area contributed by atoms with E-state index in [2.05, 4.69) is 5.32 Å². The van der Waals surface area contributed by atoms with Crippen LogP contribution < -0.4 is 10.1 Å². The first-order valence-electron chi connectivity index (χ1n) is 7.26. The quantitative estimate of drug-likeness (QED) is 0.854. The van der Waals surface area contributed by atoms with Crippen LogP contribution in [0.4, 0.5) is 4.39 Å². The Bertz CT molecular complexity index is 656. The van der Waals surface area contributed by atoms with Crippen LogP contribution >= 0.6 is 0 Å². The summed E-state index contributed by atoms with van der Waals surface area (Å²) >= 11 is 0. The zero-order valence-corrected chi connectivity index (χ0v) is 12.8. The van der Waals surface area contributed by atoms with Gasteiger partial charge < -0.3 is 10.1 Å². The minimum Gasteiger partial charge on any atom is -0.484 e. The molecule has 0 spiro atoms. The van der Waals surface area contributed by atoms with Crippen molar-refractivity contribution in [3.63, 3.8) is 0 Å². The molecule has 0 heterocycles. The van der Waals surface area contributed by atoms with E-state index >= 15 is 0 Å². The van der Waals surface area contributed by atoms with E-state index in [4.69, 9.17) is 4.74 Å². The second-order valence-corrected chi connectivity index (χ2v) is 5.16. The lowest BCUT2D eigenvalue weighted by Crippen LogP contribution is -2.43. The lowest BCUT2D eigenvalue weighted by Gasteiger charge is -2.16. The van der Waals surface area contributed by atoms with Crippen molar-refractivity contribution >= 4 is 11.7 Å². The number of hydrogen-bond acceptors (Lipinski definition) is 3. The van der Waals surface area contributed by atoms with Crippen LogP contribution in [0.2, 0.25) is 0 Å². The fourth-order valence-corrected chi connectivity index (χ4v) is 2.06. The zero-order valence-electron chi connectivity index (χ0n) is 12.8. The van der Waals surface area contributed by atoms with E-state index in [1.807, 2.05) is 30.3 Å². The number of rotatable bonds is 7. The van der Waals surface area contributed by atoms with Gasteiger partial charge in [-0.3, -0.25) is 9.59 Å². The summed E-state index contributed by atoms with van der Waals surface area (Å²) < 4.78 is 18.0. The van der Waals surface area contributed by atoms with Crippen molar-refractivity contribution in [1.29, 1.82) is 0 Å². The predicted molar refractivity (Wildman–Crippen MR) is 84.7 cm³/mol. The maximum atomic E-state index is 12.8. The van der Waals surface area contributed by atoms with E-state index < -0.39 is 11.9 Å². The van der Waals surface area contributed by atoms with Gasteiger partial charge in [0.05, 0.1) is 6.04 Å². The molecule has 120 valence electrons. The summed E-state index contributed by atoms with van der Waals surface area (Å²) in [6.07, 6.45) is 0.429. The van der Waals surface area contributed by atoms with Gasteiger partial charge in [0, 0.05) is 0 Å². The lowest BCUT2D eigenvalue weighted by molar-refractivity contribution is -0.128. The van der Waals surface area contributed by atoms with Crippen LogP contribution in [-0.2, 0) is 16.0 Å². The Morgan fingerprint density at radius 2 is 1.74 bits per heavy atom. The Morgan fingerprint density at radius 1 is 1.09 bits per heavy atom. The van der Waals surface area contributed by atoms with Gasteiger partial charge in [-0.05, 0) is 43.2 Å². The summed E-state index contributed by atoms with van der Waals surface area (Å²) in [6, 6.07) is 14.2. The average molecular weight is 315 g/mol. The van der Waals surface area contributed by atoms with Gasteiger partial charge in [0.1, 0.15) is 11.6 Å². The van der Waals surface area contributed by atoms with E-state index in [0.717, 1.165) is 5.56 Å². The molecule has 0 aliphatic heterocycles. The van der Waals surface area contributed by atoms with Crippen molar-refractivity contribution in [3.05, 3.63) is 66.0 Å². The molecule has 0 unspecified atom stereocenters. The summed E-state index contributed by atoms with van der Waals surface area (Å²) in [4.78, 5) is 23.6. The highest BCUT2D eigenvalue weighted by molar-refractivity contribution is 5.88. The molecule has 0 aliphatic rings. The molecule has 0 bridgehead atoms. The third kappa shape index (κ3) is 5.54. The van der Waals surface area contributed by atoms with Crippen LogP contribution in [0, 0.1) is 5.82 Å². The smallest absolute Gasteiger partial charge is 0.258 e. The fourth-order valence-electron chi connectivity index (χ4n) is 2.06. The molecule has 0 saturated heterocycles. The van der Waals surface area contributed by atoms with E-state index in [9.17, 15) is 14.0 Å². The monoisotopic (exact) mass is 315 g/mol. The molecule has 0 aliphatic carbocycles. The number of carbonyl (C=O) groups is 2. The largest absolute Gasteiger partial charge is 0.484 e. The maximum absolute atomic E-state index is 12.8. The standard InChI is InChI=1S/C18H18FNO3/c1-13(21)17(11-14-5-3-2-4-6-14)20-18(22)12-23-16-9-7-15(19)8-10-16/h2-10,17H,11-12H2,1H3,(H,20,22)/t17-/m1/s1. The van der Waals surface area contributed by atoms with Gasteiger partial charge in [-0.15, -0.1) is 0 Å². The van der Waals surface area contributed by atoms with Crippen molar-refractivity contribution in [2.24, 2.45) is 0 Å². The van der Waals surface area contributed by atoms with E-state index in [-0.39, 0.29) is 18.2 Å². The fraction of sp³-hybridized carbons (Fsp3) is 0.222. The third-order valence-corrected chi connectivity index (χ3v) is 3.29. The normalized spacial score (nSPS) is 11.6. The number of benzene rings is 2. The number of halogens is 1. The topological polar surface area (TPSA) is 55.4 Å². The molecular formula is C18H18FNO3. The summed E-state index contributed by atoms with van der Waals surface area (Å²) in [5.74, 6) is -0.500. The van der Waals surface area contributed by atoms with Crippen molar-refractivity contribution in [1.82, 2.24) is 5.32 Å². The Morgan fingerprint density at radius 3 is 2.35 bits per heavy atom. The van der Waals surface area contributed by atoms with E-state index in [1.54, 1.807) is 0 Å². The first kappa shape index (κ1) is 16.7. The van der Waals surface area contributed by atoms with Crippen LogP contribution in [0.5, 0.6) is 5.75 Å². The molecule has 4 nitrogen and oxygen atoms in total. The first-order chi connectivity index (χ1) is 11.0. The highest BCUT2D eigenvalue weighted by Gasteiger charge is 2.17. The minimum atomic E-state index is -0.596. The molecular weight excluding hydrogens is 297 g/mol.